The van der Waals surface area contributed by atoms with E-state index in [0.717, 1.165) is 4.90 Å². The highest BCUT2D eigenvalue weighted by Gasteiger charge is 2.17. The normalized spacial score (nSPS) is 11.6. The van der Waals surface area contributed by atoms with Crippen LogP contribution in [0.25, 0.3) is 11.1 Å². The van der Waals surface area contributed by atoms with E-state index < -0.39 is 15.8 Å². The summed E-state index contributed by atoms with van der Waals surface area (Å²) in [6, 6.07) is 11.5. The fraction of sp³-hybridized carbons (Fsp3) is 0.222. The van der Waals surface area contributed by atoms with E-state index in [-0.39, 0.29) is 29.4 Å². The van der Waals surface area contributed by atoms with Crippen LogP contribution < -0.4 is 15.8 Å². The number of aryl methyl sites for hydroxylation is 1. The lowest BCUT2D eigenvalue weighted by atomic mass is 10.3. The third-order valence-corrected chi connectivity index (χ3v) is 6.26. The molecule has 0 unspecified atom stereocenters. The van der Waals surface area contributed by atoms with Crippen molar-refractivity contribution in [2.24, 2.45) is 7.05 Å². The summed E-state index contributed by atoms with van der Waals surface area (Å²) in [5.41, 5.74) is 1.34. The molecule has 0 atom stereocenters. The molecular formula is C18H19N3O5S2. The third-order valence-electron chi connectivity index (χ3n) is 4.07. The van der Waals surface area contributed by atoms with Crippen LogP contribution >= 0.6 is 11.8 Å². The summed E-state index contributed by atoms with van der Waals surface area (Å²) in [5.74, 6) is -0.870. The summed E-state index contributed by atoms with van der Waals surface area (Å²) in [5, 5.41) is 2.74. The average Bonchev–Trinajstić information content (AvgIpc) is 2.95. The number of hydrogen-bond donors (Lipinski definition) is 2. The number of carbonyl (C=O) groups excluding carboxylic acids is 1. The molecule has 3 aromatic rings. The van der Waals surface area contributed by atoms with Crippen molar-refractivity contribution in [1.29, 1.82) is 0 Å². The van der Waals surface area contributed by atoms with Crippen LogP contribution in [-0.4, -0.2) is 31.7 Å². The van der Waals surface area contributed by atoms with Crippen LogP contribution in [0.5, 0.6) is 0 Å². The molecule has 0 bridgehead atoms. The second-order valence-electron chi connectivity index (χ2n) is 5.98. The molecule has 0 saturated heterocycles. The molecule has 3 rings (SSSR count). The Balaban J connectivity index is 1.61. The lowest BCUT2D eigenvalue weighted by Crippen LogP contribution is -2.27. The number of hydrogen-bond acceptors (Lipinski definition) is 6. The van der Waals surface area contributed by atoms with Crippen LogP contribution in [0.15, 0.2) is 61.5 Å². The maximum absolute atomic E-state index is 12.4. The van der Waals surface area contributed by atoms with E-state index in [4.69, 9.17) is 4.42 Å². The molecule has 0 radical (unpaired) electrons. The van der Waals surface area contributed by atoms with E-state index in [0.29, 0.717) is 11.2 Å². The van der Waals surface area contributed by atoms with E-state index >= 15 is 0 Å². The quantitative estimate of drug-likeness (QED) is 0.566. The predicted molar refractivity (Wildman–Crippen MR) is 108 cm³/mol. The Labute approximate surface area is 166 Å². The number of nitrogens with zero attached hydrogens (tertiary/aromatic N) is 1. The first-order valence-electron chi connectivity index (χ1n) is 8.33. The molecule has 2 N–H and O–H groups in total. The van der Waals surface area contributed by atoms with Crippen LogP contribution in [0.2, 0.25) is 0 Å². The molecule has 1 heterocycles. The largest absolute Gasteiger partial charge is 0.419 e. The van der Waals surface area contributed by atoms with E-state index in [2.05, 4.69) is 10.0 Å². The van der Waals surface area contributed by atoms with Crippen LogP contribution in [0, 0.1) is 0 Å². The zero-order valence-corrected chi connectivity index (χ0v) is 16.9. The van der Waals surface area contributed by atoms with Gasteiger partial charge in [-0.15, -0.1) is 11.8 Å². The molecule has 0 saturated carbocycles. The lowest BCUT2D eigenvalue weighted by molar-refractivity contribution is -0.116. The number of fused-ring (bicyclic) bond motifs is 1. The Morgan fingerprint density at radius 2 is 2.00 bits per heavy atom. The molecule has 0 aliphatic carbocycles. The Hall–Kier alpha value is -2.56. The predicted octanol–water partition coefficient (Wildman–Crippen LogP) is 2.16. The van der Waals surface area contributed by atoms with Crippen molar-refractivity contribution in [3.63, 3.8) is 0 Å². The Morgan fingerprint density at radius 3 is 2.75 bits per heavy atom. The Bertz CT molecular complexity index is 1180. The summed E-state index contributed by atoms with van der Waals surface area (Å²) < 4.78 is 33.5. The first kappa shape index (κ1) is 20.2. The minimum Gasteiger partial charge on any atom is -0.408 e. The molecule has 148 valence electrons. The van der Waals surface area contributed by atoms with Crippen molar-refractivity contribution in [1.82, 2.24) is 9.29 Å². The molecule has 0 aliphatic rings. The van der Waals surface area contributed by atoms with Crippen molar-refractivity contribution in [2.75, 3.05) is 18.1 Å². The fourth-order valence-electron chi connectivity index (χ4n) is 2.59. The Morgan fingerprint density at radius 1 is 1.21 bits per heavy atom. The van der Waals surface area contributed by atoms with Gasteiger partial charge in [-0.1, -0.05) is 6.07 Å². The first-order chi connectivity index (χ1) is 13.3. The van der Waals surface area contributed by atoms with E-state index in [9.17, 15) is 18.0 Å². The molecule has 8 nitrogen and oxygen atoms in total. The maximum Gasteiger partial charge on any atom is 0.419 e. The molecule has 0 fully saturated rings. The fourth-order valence-corrected chi connectivity index (χ4v) is 4.09. The number of sulfonamides is 1. The summed E-state index contributed by atoms with van der Waals surface area (Å²) in [6.45, 7) is -0.0623. The minimum atomic E-state index is -3.84. The summed E-state index contributed by atoms with van der Waals surface area (Å²) in [4.78, 5) is 24.5. The van der Waals surface area contributed by atoms with Crippen molar-refractivity contribution in [3.05, 3.63) is 53.0 Å². The van der Waals surface area contributed by atoms with Crippen molar-refractivity contribution >= 4 is 44.5 Å². The van der Waals surface area contributed by atoms with E-state index in [1.54, 1.807) is 17.8 Å². The number of benzene rings is 2. The number of rotatable bonds is 7. The number of nitrogens with one attached hydrogen (secondary N) is 2. The van der Waals surface area contributed by atoms with Crippen molar-refractivity contribution < 1.29 is 17.6 Å². The average molecular weight is 422 g/mol. The van der Waals surface area contributed by atoms with Crippen molar-refractivity contribution in [3.8, 4) is 0 Å². The van der Waals surface area contributed by atoms with Crippen LogP contribution in [0.4, 0.5) is 5.69 Å². The van der Waals surface area contributed by atoms with Gasteiger partial charge in [-0.05, 0) is 36.6 Å². The van der Waals surface area contributed by atoms with Gasteiger partial charge in [-0.2, -0.15) is 0 Å². The SMILES string of the molecule is CSc1cccc(NC(=O)CCNS(=O)(=O)c2ccc3c(c2)oc(=O)n3C)c1. The van der Waals surface area contributed by atoms with Gasteiger partial charge in [0.25, 0.3) is 0 Å². The topological polar surface area (TPSA) is 110 Å². The van der Waals surface area contributed by atoms with Gasteiger partial charge < -0.3 is 9.73 Å². The van der Waals surface area contributed by atoms with Crippen molar-refractivity contribution in [2.45, 2.75) is 16.2 Å². The smallest absolute Gasteiger partial charge is 0.408 e. The highest BCUT2D eigenvalue weighted by atomic mass is 32.2. The second kappa shape index (κ2) is 8.21. The monoisotopic (exact) mass is 421 g/mol. The molecule has 1 aromatic heterocycles. The number of thioether (sulfide) groups is 1. The first-order valence-corrected chi connectivity index (χ1v) is 11.0. The minimum absolute atomic E-state index is 0.0224. The third kappa shape index (κ3) is 4.46. The summed E-state index contributed by atoms with van der Waals surface area (Å²) in [7, 11) is -2.30. The number of amides is 1. The van der Waals surface area contributed by atoms with Crippen LogP contribution in [0.3, 0.4) is 0 Å². The number of aromatic nitrogens is 1. The summed E-state index contributed by atoms with van der Waals surface area (Å²) >= 11 is 1.56. The van der Waals surface area contributed by atoms with Gasteiger partial charge >= 0.3 is 5.76 Å². The van der Waals surface area contributed by atoms with Gasteiger partial charge in [0.1, 0.15) is 0 Å². The number of carbonyl (C=O) groups is 1. The maximum atomic E-state index is 12.4. The van der Waals surface area contributed by atoms with E-state index in [1.165, 1.54) is 29.8 Å². The Kier molecular flexibility index (Phi) is 5.92. The molecule has 1 amide bonds. The standard InChI is InChI=1S/C18H19N3O5S2/c1-21-15-7-6-14(11-16(15)26-18(21)23)28(24,25)19-9-8-17(22)20-12-4-3-5-13(10-12)27-2/h3-7,10-11,19H,8-9H2,1-2H3,(H,20,22). The van der Waals surface area contributed by atoms with Gasteiger partial charge in [0.15, 0.2) is 5.58 Å². The number of anilines is 1. The summed E-state index contributed by atoms with van der Waals surface area (Å²) in [6.07, 6.45) is 1.92. The van der Waals surface area contributed by atoms with Crippen LogP contribution in [-0.2, 0) is 21.9 Å². The molecule has 2 aromatic carbocycles. The van der Waals surface area contributed by atoms with E-state index in [1.807, 2.05) is 24.5 Å². The van der Waals surface area contributed by atoms with Gasteiger partial charge in [-0.25, -0.2) is 17.9 Å². The van der Waals surface area contributed by atoms with Gasteiger partial charge in [0.2, 0.25) is 15.9 Å². The molecule has 0 aliphatic heterocycles. The highest BCUT2D eigenvalue weighted by Crippen LogP contribution is 2.19. The van der Waals surface area contributed by atoms with Crippen LogP contribution in [0.1, 0.15) is 6.42 Å². The molecule has 10 heteroatoms. The van der Waals surface area contributed by atoms with Gasteiger partial charge in [0.05, 0.1) is 10.4 Å². The molecular weight excluding hydrogens is 402 g/mol. The zero-order valence-electron chi connectivity index (χ0n) is 15.3. The lowest BCUT2D eigenvalue weighted by Gasteiger charge is -2.08. The molecule has 28 heavy (non-hydrogen) atoms. The highest BCUT2D eigenvalue weighted by molar-refractivity contribution is 7.98. The molecule has 0 spiro atoms. The zero-order chi connectivity index (χ0) is 20.3. The number of oxazole rings is 1. The second-order valence-corrected chi connectivity index (χ2v) is 8.63. The van der Waals surface area contributed by atoms with Gasteiger partial charge in [0, 0.05) is 36.7 Å². The van der Waals surface area contributed by atoms with Gasteiger partial charge in [-0.3, -0.25) is 9.36 Å².